The van der Waals surface area contributed by atoms with Crippen molar-refractivity contribution in [2.24, 2.45) is 5.73 Å². The summed E-state index contributed by atoms with van der Waals surface area (Å²) >= 11 is 0. The SMILES string of the molecule is CCOC(=O)c1cc(/C=C/OC)n(NC(N)=O)c1C. The van der Waals surface area contributed by atoms with Crippen LogP contribution in [0, 0.1) is 6.92 Å². The van der Waals surface area contributed by atoms with Crippen molar-refractivity contribution < 1.29 is 19.1 Å². The van der Waals surface area contributed by atoms with E-state index in [4.69, 9.17) is 15.2 Å². The second-order valence-electron chi connectivity index (χ2n) is 3.64. The van der Waals surface area contributed by atoms with E-state index in [1.165, 1.54) is 18.0 Å². The van der Waals surface area contributed by atoms with E-state index in [2.05, 4.69) is 5.43 Å². The highest BCUT2D eigenvalue weighted by Gasteiger charge is 2.18. The predicted octanol–water partition coefficient (Wildman–Crippen LogP) is 1.21. The van der Waals surface area contributed by atoms with Gasteiger partial charge < -0.3 is 15.2 Å². The van der Waals surface area contributed by atoms with Gasteiger partial charge in [0, 0.05) is 0 Å². The number of primary amides is 1. The average Bonchev–Trinajstić information content (AvgIpc) is 2.64. The summed E-state index contributed by atoms with van der Waals surface area (Å²) in [5.41, 5.74) is 8.92. The molecule has 7 nitrogen and oxygen atoms in total. The fourth-order valence-electron chi connectivity index (χ4n) is 1.57. The van der Waals surface area contributed by atoms with E-state index in [-0.39, 0.29) is 6.61 Å². The highest BCUT2D eigenvalue weighted by molar-refractivity contribution is 5.92. The third kappa shape index (κ3) is 3.51. The molecule has 0 radical (unpaired) electrons. The summed E-state index contributed by atoms with van der Waals surface area (Å²) in [4.78, 5) is 22.7. The Labute approximate surface area is 110 Å². The molecule has 104 valence electrons. The van der Waals surface area contributed by atoms with Crippen molar-refractivity contribution in [3.05, 3.63) is 29.3 Å². The van der Waals surface area contributed by atoms with Gasteiger partial charge in [0.1, 0.15) is 0 Å². The molecule has 0 atom stereocenters. The molecule has 7 heteroatoms. The van der Waals surface area contributed by atoms with Crippen molar-refractivity contribution in [3.8, 4) is 0 Å². The summed E-state index contributed by atoms with van der Waals surface area (Å²) in [6.07, 6.45) is 3.01. The van der Waals surface area contributed by atoms with Crippen LogP contribution in [0.5, 0.6) is 0 Å². The third-order valence-corrected chi connectivity index (χ3v) is 2.37. The van der Waals surface area contributed by atoms with E-state index in [1.54, 1.807) is 26.0 Å². The molecular weight excluding hydrogens is 250 g/mol. The summed E-state index contributed by atoms with van der Waals surface area (Å²) in [5.74, 6) is -0.461. The van der Waals surface area contributed by atoms with Crippen LogP contribution in [-0.2, 0) is 9.47 Å². The van der Waals surface area contributed by atoms with Gasteiger partial charge in [0.25, 0.3) is 0 Å². The minimum absolute atomic E-state index is 0.274. The molecule has 1 aromatic rings. The van der Waals surface area contributed by atoms with Gasteiger partial charge in [0.05, 0.1) is 36.9 Å². The van der Waals surface area contributed by atoms with Gasteiger partial charge in [0.15, 0.2) is 0 Å². The maximum Gasteiger partial charge on any atom is 0.340 e. The predicted molar refractivity (Wildman–Crippen MR) is 70.1 cm³/mol. The van der Waals surface area contributed by atoms with Crippen molar-refractivity contribution in [1.82, 2.24) is 4.68 Å². The maximum absolute atomic E-state index is 11.8. The molecule has 0 saturated carbocycles. The number of carbonyl (C=O) groups excluding carboxylic acids is 2. The summed E-state index contributed by atoms with van der Waals surface area (Å²) in [7, 11) is 1.49. The van der Waals surface area contributed by atoms with Crippen molar-refractivity contribution >= 4 is 18.1 Å². The Hall–Kier alpha value is -2.44. The number of urea groups is 1. The lowest BCUT2D eigenvalue weighted by atomic mass is 10.2. The molecule has 3 N–H and O–H groups in total. The van der Waals surface area contributed by atoms with Gasteiger partial charge in [0.2, 0.25) is 0 Å². The first-order chi connectivity index (χ1) is 9.01. The van der Waals surface area contributed by atoms with Gasteiger partial charge in [-0.1, -0.05) is 0 Å². The van der Waals surface area contributed by atoms with E-state index in [9.17, 15) is 9.59 Å². The Bertz CT molecular complexity index is 505. The molecular formula is C12H17N3O4. The smallest absolute Gasteiger partial charge is 0.340 e. The third-order valence-electron chi connectivity index (χ3n) is 2.37. The zero-order chi connectivity index (χ0) is 14.4. The fourth-order valence-corrected chi connectivity index (χ4v) is 1.57. The number of hydrogen-bond donors (Lipinski definition) is 2. The lowest BCUT2D eigenvalue weighted by molar-refractivity contribution is 0.0525. The zero-order valence-corrected chi connectivity index (χ0v) is 11.1. The molecule has 0 spiro atoms. The van der Waals surface area contributed by atoms with Gasteiger partial charge in [-0.3, -0.25) is 4.68 Å². The van der Waals surface area contributed by atoms with Crippen LogP contribution in [0.1, 0.15) is 28.7 Å². The highest BCUT2D eigenvalue weighted by atomic mass is 16.5. The minimum Gasteiger partial charge on any atom is -0.504 e. The molecule has 0 aromatic carbocycles. The number of carbonyl (C=O) groups is 2. The van der Waals surface area contributed by atoms with Crippen LogP contribution in [0.15, 0.2) is 12.3 Å². The Balaban J connectivity index is 3.21. The summed E-state index contributed by atoms with van der Waals surface area (Å²) in [5, 5.41) is 0. The van der Waals surface area contributed by atoms with E-state index in [1.807, 2.05) is 0 Å². The number of rotatable bonds is 5. The maximum atomic E-state index is 11.8. The van der Waals surface area contributed by atoms with Crippen LogP contribution in [0.2, 0.25) is 0 Å². The summed E-state index contributed by atoms with van der Waals surface area (Å²) in [6, 6.07) is 0.847. The molecule has 0 unspecified atom stereocenters. The second-order valence-corrected chi connectivity index (χ2v) is 3.64. The topological polar surface area (TPSA) is 95.6 Å². The molecule has 2 amide bonds. The van der Waals surface area contributed by atoms with E-state index in [0.717, 1.165) is 0 Å². The van der Waals surface area contributed by atoms with Gasteiger partial charge in [-0.25, -0.2) is 15.0 Å². The van der Waals surface area contributed by atoms with Gasteiger partial charge >= 0.3 is 12.0 Å². The fraction of sp³-hybridized carbons (Fsp3) is 0.333. The van der Waals surface area contributed by atoms with E-state index in [0.29, 0.717) is 17.0 Å². The largest absolute Gasteiger partial charge is 0.504 e. The summed E-state index contributed by atoms with van der Waals surface area (Å²) < 4.78 is 11.1. The molecule has 1 rings (SSSR count). The first-order valence-corrected chi connectivity index (χ1v) is 5.66. The van der Waals surface area contributed by atoms with Gasteiger partial charge in [-0.05, 0) is 26.0 Å². The normalized spacial score (nSPS) is 10.5. The number of ether oxygens (including phenoxy) is 2. The Morgan fingerprint density at radius 2 is 2.21 bits per heavy atom. The molecule has 0 saturated heterocycles. The average molecular weight is 267 g/mol. The molecule has 0 aliphatic carbocycles. The first kappa shape index (κ1) is 14.6. The number of nitrogens with two attached hydrogens (primary N) is 1. The number of amides is 2. The lowest BCUT2D eigenvalue weighted by Crippen LogP contribution is -2.29. The Kier molecular flexibility index (Phi) is 4.99. The van der Waals surface area contributed by atoms with Crippen LogP contribution in [0.3, 0.4) is 0 Å². The monoisotopic (exact) mass is 267 g/mol. The van der Waals surface area contributed by atoms with Crippen molar-refractivity contribution in [3.63, 3.8) is 0 Å². The number of esters is 1. The first-order valence-electron chi connectivity index (χ1n) is 5.66. The van der Waals surface area contributed by atoms with Crippen molar-refractivity contribution in [2.75, 3.05) is 19.1 Å². The Morgan fingerprint density at radius 3 is 2.74 bits per heavy atom. The molecule has 0 bridgehead atoms. The van der Waals surface area contributed by atoms with Crippen LogP contribution in [0.4, 0.5) is 4.79 Å². The molecule has 0 aliphatic rings. The van der Waals surface area contributed by atoms with Crippen molar-refractivity contribution in [1.29, 1.82) is 0 Å². The van der Waals surface area contributed by atoms with Crippen LogP contribution >= 0.6 is 0 Å². The quantitative estimate of drug-likeness (QED) is 0.619. The van der Waals surface area contributed by atoms with Crippen LogP contribution in [-0.4, -0.2) is 30.4 Å². The van der Waals surface area contributed by atoms with Crippen LogP contribution in [0.25, 0.3) is 6.08 Å². The van der Waals surface area contributed by atoms with Crippen molar-refractivity contribution in [2.45, 2.75) is 13.8 Å². The highest BCUT2D eigenvalue weighted by Crippen LogP contribution is 2.16. The molecule has 0 aliphatic heterocycles. The number of nitrogens with one attached hydrogen (secondary N) is 1. The number of hydrogen-bond acceptors (Lipinski definition) is 4. The zero-order valence-electron chi connectivity index (χ0n) is 11.1. The molecule has 1 aromatic heterocycles. The second kappa shape index (κ2) is 6.48. The van der Waals surface area contributed by atoms with E-state index >= 15 is 0 Å². The minimum atomic E-state index is -0.735. The number of aromatic nitrogens is 1. The molecule has 19 heavy (non-hydrogen) atoms. The Morgan fingerprint density at radius 1 is 1.53 bits per heavy atom. The standard InChI is InChI=1S/C12H17N3O4/c1-4-19-11(16)10-7-9(5-6-18-3)15(8(10)2)14-12(13)17/h5-7H,4H2,1-3H3,(H3,13,14,17)/b6-5+. The number of methoxy groups -OCH3 is 1. The van der Waals surface area contributed by atoms with Crippen LogP contribution < -0.4 is 11.2 Å². The lowest BCUT2D eigenvalue weighted by Gasteiger charge is -2.09. The molecule has 1 heterocycles. The van der Waals surface area contributed by atoms with Gasteiger partial charge in [-0.2, -0.15) is 0 Å². The molecule has 0 fully saturated rings. The number of nitrogens with zero attached hydrogens (tertiary/aromatic N) is 1. The van der Waals surface area contributed by atoms with Gasteiger partial charge in [-0.15, -0.1) is 0 Å². The van der Waals surface area contributed by atoms with E-state index < -0.39 is 12.0 Å². The summed E-state index contributed by atoms with van der Waals surface area (Å²) in [6.45, 7) is 3.67.